The standard InChI is InChI=1S/C25H20N2O2/c1-16-15-25(2,29-24(16)28)17-11-13-18(14-12-17)26-23-19-7-3-5-9-21(19)27-22-10-6-4-8-20(22)23/h3-14H,1,15H2,2H3,(H,26,27). The molecule has 0 spiro atoms. The number of hydrogen-bond donors (Lipinski definition) is 1. The maximum absolute atomic E-state index is 11.8. The van der Waals surface area contributed by atoms with Gasteiger partial charge in [0.2, 0.25) is 0 Å². The van der Waals surface area contributed by atoms with Crippen LogP contribution in [0.4, 0.5) is 11.4 Å². The van der Waals surface area contributed by atoms with Crippen molar-refractivity contribution in [2.75, 3.05) is 5.32 Å². The van der Waals surface area contributed by atoms with Crippen molar-refractivity contribution in [1.29, 1.82) is 0 Å². The zero-order valence-electron chi connectivity index (χ0n) is 16.1. The van der Waals surface area contributed by atoms with E-state index >= 15 is 0 Å². The molecule has 142 valence electrons. The van der Waals surface area contributed by atoms with Gasteiger partial charge in [-0.1, -0.05) is 55.1 Å². The van der Waals surface area contributed by atoms with E-state index in [1.807, 2.05) is 67.6 Å². The molecule has 2 heterocycles. The fourth-order valence-corrected chi connectivity index (χ4v) is 3.98. The smallest absolute Gasteiger partial charge is 0.334 e. The van der Waals surface area contributed by atoms with Gasteiger partial charge in [0, 0.05) is 28.5 Å². The summed E-state index contributed by atoms with van der Waals surface area (Å²) in [6.45, 7) is 5.72. The summed E-state index contributed by atoms with van der Waals surface area (Å²) in [5, 5.41) is 5.72. The molecule has 1 fully saturated rings. The Morgan fingerprint density at radius 2 is 1.52 bits per heavy atom. The first-order chi connectivity index (χ1) is 14.0. The van der Waals surface area contributed by atoms with Gasteiger partial charge in [0.05, 0.1) is 16.7 Å². The second-order valence-corrected chi connectivity index (χ2v) is 7.62. The van der Waals surface area contributed by atoms with Gasteiger partial charge in [0.15, 0.2) is 0 Å². The number of para-hydroxylation sites is 2. The molecule has 0 saturated carbocycles. The molecule has 0 aliphatic carbocycles. The molecule has 1 aromatic heterocycles. The van der Waals surface area contributed by atoms with Crippen molar-refractivity contribution in [3.63, 3.8) is 0 Å². The van der Waals surface area contributed by atoms with Crippen LogP contribution in [0.15, 0.2) is 84.9 Å². The maximum atomic E-state index is 11.8. The number of ether oxygens (including phenoxy) is 1. The quantitative estimate of drug-likeness (QED) is 0.275. The van der Waals surface area contributed by atoms with Gasteiger partial charge in [-0.15, -0.1) is 0 Å². The van der Waals surface area contributed by atoms with Crippen molar-refractivity contribution in [3.8, 4) is 0 Å². The normalized spacial score (nSPS) is 18.9. The molecule has 4 nitrogen and oxygen atoms in total. The molecule has 0 radical (unpaired) electrons. The van der Waals surface area contributed by atoms with Crippen molar-refractivity contribution in [3.05, 3.63) is 90.5 Å². The van der Waals surface area contributed by atoms with Gasteiger partial charge in [0.1, 0.15) is 5.60 Å². The van der Waals surface area contributed by atoms with E-state index in [2.05, 4.69) is 24.0 Å². The Bertz CT molecular complexity index is 1210. The number of carbonyl (C=O) groups excluding carboxylic acids is 1. The molecule has 1 atom stereocenters. The van der Waals surface area contributed by atoms with Gasteiger partial charge in [-0.3, -0.25) is 0 Å². The molecule has 3 aromatic carbocycles. The van der Waals surface area contributed by atoms with E-state index in [-0.39, 0.29) is 5.97 Å². The average Bonchev–Trinajstić information content (AvgIpc) is 3.01. The first kappa shape index (κ1) is 17.4. The van der Waals surface area contributed by atoms with E-state index in [4.69, 9.17) is 9.72 Å². The van der Waals surface area contributed by atoms with Crippen molar-refractivity contribution in [1.82, 2.24) is 4.98 Å². The predicted molar refractivity (Wildman–Crippen MR) is 116 cm³/mol. The zero-order valence-corrected chi connectivity index (χ0v) is 16.1. The summed E-state index contributed by atoms with van der Waals surface area (Å²) in [5.41, 5.74) is 4.73. The molecule has 0 bridgehead atoms. The van der Waals surface area contributed by atoms with Crippen LogP contribution in [0.1, 0.15) is 18.9 Å². The fraction of sp³-hybridized carbons (Fsp3) is 0.120. The number of aromatic nitrogens is 1. The summed E-state index contributed by atoms with van der Waals surface area (Å²) in [6.07, 6.45) is 0.512. The highest BCUT2D eigenvalue weighted by Crippen LogP contribution is 2.39. The molecule has 4 heteroatoms. The number of cyclic esters (lactones) is 1. The van der Waals surface area contributed by atoms with Crippen LogP contribution in [0.5, 0.6) is 0 Å². The number of anilines is 2. The van der Waals surface area contributed by atoms with Gasteiger partial charge in [-0.25, -0.2) is 9.78 Å². The Morgan fingerprint density at radius 3 is 2.07 bits per heavy atom. The van der Waals surface area contributed by atoms with Gasteiger partial charge < -0.3 is 10.1 Å². The number of fused-ring (bicyclic) bond motifs is 2. The Kier molecular flexibility index (Phi) is 3.88. The van der Waals surface area contributed by atoms with Crippen LogP contribution in [-0.4, -0.2) is 11.0 Å². The van der Waals surface area contributed by atoms with Gasteiger partial charge in [-0.2, -0.15) is 0 Å². The Labute approximate surface area is 168 Å². The second-order valence-electron chi connectivity index (χ2n) is 7.62. The summed E-state index contributed by atoms with van der Waals surface area (Å²) >= 11 is 0. The van der Waals surface area contributed by atoms with Crippen molar-refractivity contribution in [2.45, 2.75) is 18.9 Å². The molecular weight excluding hydrogens is 360 g/mol. The van der Waals surface area contributed by atoms with Crippen LogP contribution in [0.3, 0.4) is 0 Å². The number of rotatable bonds is 3. The largest absolute Gasteiger partial charge is 0.451 e. The number of benzene rings is 3. The molecule has 5 rings (SSSR count). The monoisotopic (exact) mass is 380 g/mol. The number of carbonyl (C=O) groups is 1. The SMILES string of the molecule is C=C1CC(C)(c2ccc(Nc3c4ccccc4nc4ccccc34)cc2)OC1=O. The Morgan fingerprint density at radius 1 is 0.931 bits per heavy atom. The lowest BCUT2D eigenvalue weighted by Crippen LogP contribution is -2.20. The first-order valence-electron chi connectivity index (χ1n) is 9.60. The third-order valence-corrected chi connectivity index (χ3v) is 5.51. The molecule has 1 aliphatic rings. The molecule has 0 amide bonds. The van der Waals surface area contributed by atoms with Crippen LogP contribution < -0.4 is 5.32 Å². The lowest BCUT2D eigenvalue weighted by Gasteiger charge is -2.23. The number of nitrogens with one attached hydrogen (secondary N) is 1. The molecule has 4 aromatic rings. The maximum Gasteiger partial charge on any atom is 0.334 e. The third-order valence-electron chi connectivity index (χ3n) is 5.51. The van der Waals surface area contributed by atoms with E-state index in [0.717, 1.165) is 38.7 Å². The topological polar surface area (TPSA) is 51.2 Å². The van der Waals surface area contributed by atoms with E-state index in [1.54, 1.807) is 0 Å². The summed E-state index contributed by atoms with van der Waals surface area (Å²) in [7, 11) is 0. The van der Waals surface area contributed by atoms with E-state index in [1.165, 1.54) is 0 Å². The molecule has 29 heavy (non-hydrogen) atoms. The minimum atomic E-state index is -0.650. The summed E-state index contributed by atoms with van der Waals surface area (Å²) in [4.78, 5) is 16.6. The fourth-order valence-electron chi connectivity index (χ4n) is 3.98. The minimum Gasteiger partial charge on any atom is -0.451 e. The van der Waals surface area contributed by atoms with Crippen LogP contribution in [0.25, 0.3) is 21.8 Å². The Hall–Kier alpha value is -3.66. The van der Waals surface area contributed by atoms with Gasteiger partial charge in [0.25, 0.3) is 0 Å². The van der Waals surface area contributed by atoms with Gasteiger partial charge in [-0.05, 0) is 36.8 Å². The third kappa shape index (κ3) is 2.93. The number of hydrogen-bond acceptors (Lipinski definition) is 4. The first-order valence-corrected chi connectivity index (χ1v) is 9.60. The van der Waals surface area contributed by atoms with Crippen molar-refractivity contribution < 1.29 is 9.53 Å². The van der Waals surface area contributed by atoms with E-state index < -0.39 is 5.60 Å². The van der Waals surface area contributed by atoms with Crippen molar-refractivity contribution in [2.24, 2.45) is 0 Å². The predicted octanol–water partition coefficient (Wildman–Crippen LogP) is 5.85. The highest BCUT2D eigenvalue weighted by atomic mass is 16.6. The molecule has 1 saturated heterocycles. The lowest BCUT2D eigenvalue weighted by atomic mass is 9.91. The molecule has 1 N–H and O–H groups in total. The van der Waals surface area contributed by atoms with E-state index in [9.17, 15) is 4.79 Å². The van der Waals surface area contributed by atoms with Crippen molar-refractivity contribution >= 4 is 39.1 Å². The highest BCUT2D eigenvalue weighted by molar-refractivity contribution is 6.08. The van der Waals surface area contributed by atoms with Crippen LogP contribution in [-0.2, 0) is 15.1 Å². The average molecular weight is 380 g/mol. The van der Waals surface area contributed by atoms with Crippen LogP contribution in [0, 0.1) is 0 Å². The molecule has 1 aliphatic heterocycles. The highest BCUT2D eigenvalue weighted by Gasteiger charge is 2.40. The lowest BCUT2D eigenvalue weighted by molar-refractivity contribution is -0.145. The number of esters is 1. The van der Waals surface area contributed by atoms with Gasteiger partial charge >= 0.3 is 5.97 Å². The summed E-state index contributed by atoms with van der Waals surface area (Å²) in [5.74, 6) is -0.315. The van der Waals surface area contributed by atoms with Crippen LogP contribution in [0.2, 0.25) is 0 Å². The second kappa shape index (κ2) is 6.45. The summed E-state index contributed by atoms with van der Waals surface area (Å²) in [6, 6.07) is 24.3. The minimum absolute atomic E-state index is 0.315. The zero-order chi connectivity index (χ0) is 20.0. The molecule has 1 unspecified atom stereocenters. The number of pyridine rings is 1. The van der Waals surface area contributed by atoms with E-state index in [0.29, 0.717) is 12.0 Å². The van der Waals surface area contributed by atoms with Crippen LogP contribution >= 0.6 is 0 Å². The summed E-state index contributed by atoms with van der Waals surface area (Å²) < 4.78 is 5.55. The number of nitrogens with zero attached hydrogens (tertiary/aromatic N) is 1. The Balaban J connectivity index is 1.54. The molecular formula is C25H20N2O2.